The molecule has 1 aliphatic heterocycles. The van der Waals surface area contributed by atoms with Crippen LogP contribution in [0.15, 0.2) is 42.2 Å². The number of rotatable bonds is 7. The fourth-order valence-corrected chi connectivity index (χ4v) is 3.16. The van der Waals surface area contributed by atoms with Crippen LogP contribution in [-0.2, 0) is 16.0 Å². The number of hydrogen-bond donors (Lipinski definition) is 0. The summed E-state index contributed by atoms with van der Waals surface area (Å²) in [6, 6.07) is 9.50. The minimum Gasteiger partial charge on any atom is -0.479 e. The van der Waals surface area contributed by atoms with Crippen LogP contribution >= 0.6 is 0 Å². The van der Waals surface area contributed by atoms with Crippen LogP contribution in [0.5, 0.6) is 11.5 Å². The highest BCUT2D eigenvalue weighted by Gasteiger charge is 2.37. The second kappa shape index (κ2) is 9.32. The fraction of sp³-hybridized carbons (Fsp3) is 0.364. The highest BCUT2D eigenvalue weighted by molar-refractivity contribution is 6.00. The number of aromatic nitrogens is 1. The number of ether oxygens (including phenoxy) is 4. The van der Waals surface area contributed by atoms with Crippen LogP contribution < -0.4 is 9.47 Å². The van der Waals surface area contributed by atoms with Gasteiger partial charge in [-0.1, -0.05) is 37.3 Å². The highest BCUT2D eigenvalue weighted by Crippen LogP contribution is 2.43. The summed E-state index contributed by atoms with van der Waals surface area (Å²) in [6.07, 6.45) is 2.62. The first-order valence-electron chi connectivity index (χ1n) is 9.74. The van der Waals surface area contributed by atoms with Crippen molar-refractivity contribution in [2.45, 2.75) is 33.7 Å². The first kappa shape index (κ1) is 20.5. The summed E-state index contributed by atoms with van der Waals surface area (Å²) < 4.78 is 23.9. The maximum absolute atomic E-state index is 12.8. The van der Waals surface area contributed by atoms with E-state index in [1.807, 2.05) is 43.3 Å². The van der Waals surface area contributed by atoms with Gasteiger partial charge in [-0.2, -0.15) is 0 Å². The summed E-state index contributed by atoms with van der Waals surface area (Å²) in [5, 5.41) is 0. The van der Waals surface area contributed by atoms with Crippen molar-refractivity contribution in [1.82, 2.24) is 4.57 Å². The van der Waals surface area contributed by atoms with Crippen molar-refractivity contribution in [1.29, 1.82) is 0 Å². The van der Waals surface area contributed by atoms with Crippen LogP contribution in [0.25, 0.3) is 0 Å². The average molecular weight is 399 g/mol. The first-order valence-corrected chi connectivity index (χ1v) is 9.74. The van der Waals surface area contributed by atoms with Gasteiger partial charge in [-0.05, 0) is 31.9 Å². The fourth-order valence-electron chi connectivity index (χ4n) is 3.16. The molecular formula is C22H25NO6. The van der Waals surface area contributed by atoms with E-state index in [1.54, 1.807) is 18.4 Å². The third kappa shape index (κ3) is 4.29. The first-order chi connectivity index (χ1) is 14.1. The topological polar surface area (TPSA) is 76.0 Å². The summed E-state index contributed by atoms with van der Waals surface area (Å²) in [5.74, 6) is -0.194. The lowest BCUT2D eigenvalue weighted by molar-refractivity contribution is 0.0502. The van der Waals surface area contributed by atoms with Crippen molar-refractivity contribution in [3.8, 4) is 11.5 Å². The standard InChI is InChI=1S/C22H25NO6/c1-4-10-16-14-28-19-17(21(24)26-5-2)23(13-15-11-8-7-9-12-15)18(20(19)29-16)22(25)27-6-3/h7-12H,4-6,13-14H2,1-3H3/b16-10+. The van der Waals surface area contributed by atoms with Crippen molar-refractivity contribution in [3.63, 3.8) is 0 Å². The number of carbonyl (C=O) groups excluding carboxylic acids is 2. The van der Waals surface area contributed by atoms with Gasteiger partial charge in [0.1, 0.15) is 12.4 Å². The highest BCUT2D eigenvalue weighted by atomic mass is 16.6. The third-order valence-electron chi connectivity index (χ3n) is 4.32. The minimum atomic E-state index is -0.587. The summed E-state index contributed by atoms with van der Waals surface area (Å²) in [7, 11) is 0. The van der Waals surface area contributed by atoms with Crippen LogP contribution in [0, 0.1) is 0 Å². The molecule has 0 N–H and O–H groups in total. The molecule has 2 aromatic rings. The van der Waals surface area contributed by atoms with Gasteiger partial charge in [0.15, 0.2) is 17.1 Å². The van der Waals surface area contributed by atoms with E-state index in [0.717, 1.165) is 12.0 Å². The van der Waals surface area contributed by atoms with E-state index in [0.29, 0.717) is 5.76 Å². The molecule has 0 fully saturated rings. The van der Waals surface area contributed by atoms with Crippen LogP contribution in [0.3, 0.4) is 0 Å². The zero-order valence-electron chi connectivity index (χ0n) is 16.9. The predicted molar refractivity (Wildman–Crippen MR) is 106 cm³/mol. The minimum absolute atomic E-state index is 0.135. The van der Waals surface area contributed by atoms with Crippen LogP contribution in [-0.4, -0.2) is 36.3 Å². The molecule has 0 spiro atoms. The predicted octanol–water partition coefficient (Wildman–Crippen LogP) is 3.95. The van der Waals surface area contributed by atoms with Gasteiger partial charge in [-0.3, -0.25) is 0 Å². The number of nitrogens with zero attached hydrogens (tertiary/aromatic N) is 1. The lowest BCUT2D eigenvalue weighted by atomic mass is 10.2. The van der Waals surface area contributed by atoms with E-state index < -0.39 is 11.9 Å². The molecule has 1 aromatic heterocycles. The Bertz CT molecular complexity index is 913. The molecule has 7 heteroatoms. The van der Waals surface area contributed by atoms with Gasteiger partial charge in [0.05, 0.1) is 13.2 Å². The molecule has 0 unspecified atom stereocenters. The Morgan fingerprint density at radius 1 is 1.00 bits per heavy atom. The molecule has 1 aromatic carbocycles. The van der Waals surface area contributed by atoms with Crippen molar-refractivity contribution in [2.24, 2.45) is 0 Å². The van der Waals surface area contributed by atoms with Crippen molar-refractivity contribution < 1.29 is 28.5 Å². The van der Waals surface area contributed by atoms with Crippen molar-refractivity contribution in [3.05, 3.63) is 59.1 Å². The van der Waals surface area contributed by atoms with E-state index in [4.69, 9.17) is 18.9 Å². The van der Waals surface area contributed by atoms with Crippen LogP contribution in [0.2, 0.25) is 0 Å². The number of carbonyl (C=O) groups is 2. The summed E-state index contributed by atoms with van der Waals surface area (Å²) >= 11 is 0. The van der Waals surface area contributed by atoms with Gasteiger partial charge in [-0.15, -0.1) is 0 Å². The summed E-state index contributed by atoms with van der Waals surface area (Å²) in [5.41, 5.74) is 1.18. The number of fused-ring (bicyclic) bond motifs is 1. The van der Waals surface area contributed by atoms with Gasteiger partial charge < -0.3 is 23.5 Å². The molecule has 0 atom stereocenters. The Kier molecular flexibility index (Phi) is 6.59. The van der Waals surface area contributed by atoms with Crippen molar-refractivity contribution >= 4 is 11.9 Å². The molecule has 154 valence electrons. The second-order valence-electron chi connectivity index (χ2n) is 6.34. The number of benzene rings is 1. The van der Waals surface area contributed by atoms with Gasteiger partial charge in [0, 0.05) is 6.54 Å². The van der Waals surface area contributed by atoms with Gasteiger partial charge >= 0.3 is 11.9 Å². The van der Waals surface area contributed by atoms with E-state index in [-0.39, 0.29) is 49.3 Å². The van der Waals surface area contributed by atoms with Crippen molar-refractivity contribution in [2.75, 3.05) is 19.8 Å². The molecule has 0 amide bonds. The quantitative estimate of drug-likeness (QED) is 0.656. The second-order valence-corrected chi connectivity index (χ2v) is 6.34. The van der Waals surface area contributed by atoms with E-state index in [2.05, 4.69) is 0 Å². The molecule has 0 saturated carbocycles. The number of hydrogen-bond acceptors (Lipinski definition) is 6. The van der Waals surface area contributed by atoms with E-state index >= 15 is 0 Å². The molecule has 0 aliphatic carbocycles. The lowest BCUT2D eigenvalue weighted by Crippen LogP contribution is -2.19. The summed E-state index contributed by atoms with van der Waals surface area (Å²) in [4.78, 5) is 25.6. The Morgan fingerprint density at radius 3 is 2.21 bits per heavy atom. The molecule has 7 nitrogen and oxygen atoms in total. The Morgan fingerprint density at radius 2 is 1.62 bits per heavy atom. The molecule has 2 heterocycles. The van der Waals surface area contributed by atoms with Crippen LogP contribution in [0.1, 0.15) is 53.7 Å². The molecule has 0 bridgehead atoms. The monoisotopic (exact) mass is 399 g/mol. The SMILES string of the molecule is CC/C=C1\COc2c(c(C(=O)OCC)n(Cc3ccccc3)c2C(=O)OCC)O1. The Labute approximate surface area is 169 Å². The van der Waals surface area contributed by atoms with E-state index in [9.17, 15) is 9.59 Å². The maximum Gasteiger partial charge on any atom is 0.359 e. The normalized spacial score (nSPS) is 14.0. The molecule has 29 heavy (non-hydrogen) atoms. The third-order valence-corrected chi connectivity index (χ3v) is 4.32. The number of esters is 2. The largest absolute Gasteiger partial charge is 0.479 e. The zero-order valence-corrected chi connectivity index (χ0v) is 16.9. The van der Waals surface area contributed by atoms with Gasteiger partial charge in [0.2, 0.25) is 5.75 Å². The Balaban J connectivity index is 2.20. The number of allylic oxidation sites excluding steroid dienone is 1. The average Bonchev–Trinajstić information content (AvgIpc) is 3.02. The van der Waals surface area contributed by atoms with Gasteiger partial charge in [0.25, 0.3) is 0 Å². The molecule has 0 radical (unpaired) electrons. The molecule has 1 aliphatic rings. The Hall–Kier alpha value is -3.22. The molecule has 0 saturated heterocycles. The maximum atomic E-state index is 12.8. The smallest absolute Gasteiger partial charge is 0.359 e. The van der Waals surface area contributed by atoms with Gasteiger partial charge in [-0.25, -0.2) is 9.59 Å². The van der Waals surface area contributed by atoms with Crippen LogP contribution in [0.4, 0.5) is 0 Å². The zero-order chi connectivity index (χ0) is 20.8. The van der Waals surface area contributed by atoms with E-state index in [1.165, 1.54) is 0 Å². The summed E-state index contributed by atoms with van der Waals surface area (Å²) in [6.45, 7) is 6.24. The lowest BCUT2D eigenvalue weighted by Gasteiger charge is -2.18. The molecule has 3 rings (SSSR count). The molecular weight excluding hydrogens is 374 g/mol.